The fraction of sp³-hybridized carbons (Fsp3) is 0. The van der Waals surface area contributed by atoms with Crippen molar-refractivity contribution < 1.29 is 4.79 Å². The van der Waals surface area contributed by atoms with Crippen molar-refractivity contribution in [3.63, 3.8) is 0 Å². The quantitative estimate of drug-likeness (QED) is 0.566. The van der Waals surface area contributed by atoms with Gasteiger partial charge in [0.2, 0.25) is 0 Å². The predicted octanol–water partition coefficient (Wildman–Crippen LogP) is 1.10. The minimum Gasteiger partial charge on any atom is -0.384 e. The van der Waals surface area contributed by atoms with E-state index in [2.05, 4.69) is 4.98 Å². The average Bonchev–Trinajstić information content (AvgIpc) is 2.75. The van der Waals surface area contributed by atoms with Crippen LogP contribution in [0.3, 0.4) is 0 Å². The van der Waals surface area contributed by atoms with E-state index < -0.39 is 5.91 Å². The molecule has 0 aliphatic heterocycles. The standard InChI is InChI=1S/C11H10N4O/c12-10-6(11(13)16)5-9-14-7-3-1-2-4-8(7)15(9)10/h1-5,14H,12H2,(H2,13,16). The van der Waals surface area contributed by atoms with Crippen molar-refractivity contribution in [1.82, 2.24) is 9.38 Å². The van der Waals surface area contributed by atoms with Gasteiger partial charge in [-0.3, -0.25) is 9.20 Å². The van der Waals surface area contributed by atoms with Crippen molar-refractivity contribution in [2.24, 2.45) is 5.73 Å². The second kappa shape index (κ2) is 2.79. The number of nitrogens with two attached hydrogens (primary N) is 2. The van der Waals surface area contributed by atoms with Gasteiger partial charge in [0.15, 0.2) is 0 Å². The molecule has 0 saturated carbocycles. The number of para-hydroxylation sites is 2. The lowest BCUT2D eigenvalue weighted by Crippen LogP contribution is -2.12. The number of imidazole rings is 1. The Labute approximate surface area is 90.6 Å². The smallest absolute Gasteiger partial charge is 0.252 e. The van der Waals surface area contributed by atoms with Gasteiger partial charge >= 0.3 is 0 Å². The number of carbonyl (C=O) groups is 1. The summed E-state index contributed by atoms with van der Waals surface area (Å²) in [5, 5.41) is 0. The monoisotopic (exact) mass is 214 g/mol. The minimum atomic E-state index is -0.515. The minimum absolute atomic E-state index is 0.344. The molecule has 5 heteroatoms. The van der Waals surface area contributed by atoms with Crippen molar-refractivity contribution in [3.8, 4) is 0 Å². The fourth-order valence-corrected chi connectivity index (χ4v) is 1.99. The zero-order valence-electron chi connectivity index (χ0n) is 8.40. The van der Waals surface area contributed by atoms with E-state index in [-0.39, 0.29) is 0 Å². The number of carbonyl (C=O) groups excluding carboxylic acids is 1. The Kier molecular flexibility index (Phi) is 1.54. The van der Waals surface area contributed by atoms with E-state index in [1.54, 1.807) is 10.5 Å². The van der Waals surface area contributed by atoms with E-state index in [9.17, 15) is 4.79 Å². The van der Waals surface area contributed by atoms with Gasteiger partial charge in [-0.25, -0.2) is 0 Å². The third-order valence-electron chi connectivity index (χ3n) is 2.71. The maximum Gasteiger partial charge on any atom is 0.252 e. The summed E-state index contributed by atoms with van der Waals surface area (Å²) >= 11 is 0. The van der Waals surface area contributed by atoms with Crippen molar-refractivity contribution in [2.45, 2.75) is 0 Å². The molecule has 2 heterocycles. The summed E-state index contributed by atoms with van der Waals surface area (Å²) in [4.78, 5) is 14.3. The third-order valence-corrected chi connectivity index (χ3v) is 2.71. The van der Waals surface area contributed by atoms with Crippen LogP contribution in [-0.2, 0) is 0 Å². The molecule has 0 radical (unpaired) electrons. The number of nitrogen functional groups attached to an aromatic ring is 1. The normalized spacial score (nSPS) is 11.2. The van der Waals surface area contributed by atoms with Crippen LogP contribution in [-0.4, -0.2) is 15.3 Å². The van der Waals surface area contributed by atoms with Crippen LogP contribution in [0.5, 0.6) is 0 Å². The zero-order chi connectivity index (χ0) is 11.3. The first-order chi connectivity index (χ1) is 7.68. The largest absolute Gasteiger partial charge is 0.384 e. The van der Waals surface area contributed by atoms with Gasteiger partial charge in [0.25, 0.3) is 5.91 Å². The van der Waals surface area contributed by atoms with Crippen molar-refractivity contribution in [1.29, 1.82) is 0 Å². The number of hydrogen-bond acceptors (Lipinski definition) is 2. The second-order valence-corrected chi connectivity index (χ2v) is 3.67. The summed E-state index contributed by atoms with van der Waals surface area (Å²) in [5.41, 5.74) is 14.1. The Hall–Kier alpha value is -2.43. The molecule has 0 aliphatic rings. The first-order valence-corrected chi connectivity index (χ1v) is 4.86. The van der Waals surface area contributed by atoms with Crippen LogP contribution >= 0.6 is 0 Å². The van der Waals surface area contributed by atoms with Crippen LogP contribution in [0.1, 0.15) is 10.4 Å². The van der Waals surface area contributed by atoms with E-state index in [0.717, 1.165) is 16.7 Å². The van der Waals surface area contributed by atoms with Gasteiger partial charge < -0.3 is 16.5 Å². The molecular weight excluding hydrogens is 204 g/mol. The maximum atomic E-state index is 11.1. The Morgan fingerprint density at radius 1 is 1.31 bits per heavy atom. The Bertz CT molecular complexity index is 707. The van der Waals surface area contributed by atoms with Crippen molar-refractivity contribution in [2.75, 3.05) is 5.73 Å². The molecule has 5 nitrogen and oxygen atoms in total. The molecule has 3 rings (SSSR count). The average molecular weight is 214 g/mol. The predicted molar refractivity (Wildman–Crippen MR) is 62.2 cm³/mol. The Balaban J connectivity index is 2.50. The van der Waals surface area contributed by atoms with Gasteiger partial charge in [0.1, 0.15) is 11.5 Å². The van der Waals surface area contributed by atoms with E-state index in [1.165, 1.54) is 0 Å². The van der Waals surface area contributed by atoms with Crippen LogP contribution in [0, 0.1) is 0 Å². The summed E-state index contributed by atoms with van der Waals surface area (Å²) in [6.07, 6.45) is 0. The number of nitrogens with one attached hydrogen (secondary N) is 1. The third kappa shape index (κ3) is 0.967. The summed E-state index contributed by atoms with van der Waals surface area (Å²) in [6, 6.07) is 9.39. The number of anilines is 1. The van der Waals surface area contributed by atoms with Crippen LogP contribution in [0.4, 0.5) is 5.82 Å². The topological polar surface area (TPSA) is 89.3 Å². The highest BCUT2D eigenvalue weighted by Crippen LogP contribution is 2.24. The summed E-state index contributed by atoms with van der Waals surface area (Å²) < 4.78 is 1.79. The van der Waals surface area contributed by atoms with Gasteiger partial charge in [-0.05, 0) is 18.2 Å². The number of amides is 1. The molecule has 0 fully saturated rings. The van der Waals surface area contributed by atoms with Crippen molar-refractivity contribution >= 4 is 28.4 Å². The van der Waals surface area contributed by atoms with Gasteiger partial charge in [-0.1, -0.05) is 12.1 Å². The first kappa shape index (κ1) is 8.84. The number of primary amides is 1. The molecule has 16 heavy (non-hydrogen) atoms. The number of nitrogens with zero attached hydrogens (tertiary/aromatic N) is 1. The number of aromatic nitrogens is 2. The van der Waals surface area contributed by atoms with Crippen molar-refractivity contribution in [3.05, 3.63) is 35.9 Å². The molecule has 80 valence electrons. The number of fused-ring (bicyclic) bond motifs is 3. The highest BCUT2D eigenvalue weighted by Gasteiger charge is 2.14. The molecular formula is C11H10N4O. The molecule has 0 atom stereocenters. The first-order valence-electron chi connectivity index (χ1n) is 4.86. The van der Waals surface area contributed by atoms with Crippen LogP contribution < -0.4 is 11.5 Å². The molecule has 0 saturated heterocycles. The molecule has 0 spiro atoms. The molecule has 5 N–H and O–H groups in total. The van der Waals surface area contributed by atoms with Gasteiger partial charge in [0, 0.05) is 0 Å². The highest BCUT2D eigenvalue weighted by atomic mass is 16.1. The summed E-state index contributed by atoms with van der Waals surface area (Å²) in [6.45, 7) is 0. The van der Waals surface area contributed by atoms with Crippen LogP contribution in [0.2, 0.25) is 0 Å². The molecule has 2 aromatic heterocycles. The molecule has 3 aromatic rings. The Morgan fingerprint density at radius 2 is 2.06 bits per heavy atom. The van der Waals surface area contributed by atoms with E-state index in [0.29, 0.717) is 11.4 Å². The number of H-pyrrole nitrogens is 1. The van der Waals surface area contributed by atoms with Gasteiger partial charge in [-0.15, -0.1) is 0 Å². The summed E-state index contributed by atoms with van der Waals surface area (Å²) in [5.74, 6) is -0.140. The molecule has 0 bridgehead atoms. The number of hydrogen-bond donors (Lipinski definition) is 3. The van der Waals surface area contributed by atoms with E-state index >= 15 is 0 Å². The van der Waals surface area contributed by atoms with Gasteiger partial charge in [0.05, 0.1) is 16.6 Å². The van der Waals surface area contributed by atoms with E-state index in [1.807, 2.05) is 24.3 Å². The highest BCUT2D eigenvalue weighted by molar-refractivity contribution is 6.01. The maximum absolute atomic E-state index is 11.1. The second-order valence-electron chi connectivity index (χ2n) is 3.67. The molecule has 1 aromatic carbocycles. The lowest BCUT2D eigenvalue weighted by molar-refractivity contribution is 0.100. The molecule has 0 aliphatic carbocycles. The zero-order valence-corrected chi connectivity index (χ0v) is 8.40. The number of aromatic amines is 1. The summed E-state index contributed by atoms with van der Waals surface area (Å²) in [7, 11) is 0. The van der Waals surface area contributed by atoms with Crippen LogP contribution in [0.25, 0.3) is 16.7 Å². The van der Waals surface area contributed by atoms with E-state index in [4.69, 9.17) is 11.5 Å². The van der Waals surface area contributed by atoms with Gasteiger partial charge in [-0.2, -0.15) is 0 Å². The van der Waals surface area contributed by atoms with Crippen LogP contribution in [0.15, 0.2) is 30.3 Å². The fourth-order valence-electron chi connectivity index (χ4n) is 1.99. The Morgan fingerprint density at radius 3 is 2.81 bits per heavy atom. The number of benzene rings is 1. The lowest BCUT2D eigenvalue weighted by Gasteiger charge is -1.96. The SMILES string of the molecule is NC(=O)c1cc2[nH]c3ccccc3n2c1N. The molecule has 0 unspecified atom stereocenters. The number of rotatable bonds is 1. The molecule has 1 amide bonds. The lowest BCUT2D eigenvalue weighted by atomic mass is 10.3.